The summed E-state index contributed by atoms with van der Waals surface area (Å²) >= 11 is 7.78. The van der Waals surface area contributed by atoms with Crippen LogP contribution < -0.4 is 20.3 Å². The number of carbonyl (C=O) groups is 2. The van der Waals surface area contributed by atoms with E-state index in [-0.39, 0.29) is 18.4 Å². The lowest BCUT2D eigenvalue weighted by atomic mass is 10.2. The fraction of sp³-hybridized carbons (Fsp3) is 0.190. The molecule has 1 aliphatic heterocycles. The molecule has 30 heavy (non-hydrogen) atoms. The highest BCUT2D eigenvalue weighted by Gasteiger charge is 2.19. The molecule has 0 spiro atoms. The smallest absolute Gasteiger partial charge is 0.275 e. The minimum Gasteiger partial charge on any atom is -0.496 e. The molecule has 154 valence electrons. The molecular formula is C21H19ClN4O3S. The zero-order chi connectivity index (χ0) is 21.1. The summed E-state index contributed by atoms with van der Waals surface area (Å²) in [6.07, 6.45) is 0. The summed E-state index contributed by atoms with van der Waals surface area (Å²) in [7, 11) is 1.60. The Morgan fingerprint density at radius 2 is 2.13 bits per heavy atom. The Labute approximate surface area is 182 Å². The SMILES string of the molecule is COc1ccccc1-c1nc(C(=O)Nc2ccc(N3CCNC(=O)C3)c(Cl)c2)cs1. The van der Waals surface area contributed by atoms with Crippen LogP contribution in [-0.4, -0.2) is 43.5 Å². The lowest BCUT2D eigenvalue weighted by molar-refractivity contribution is -0.120. The molecule has 2 heterocycles. The van der Waals surface area contributed by atoms with Gasteiger partial charge in [0.05, 0.1) is 29.9 Å². The maximum absolute atomic E-state index is 12.6. The molecule has 2 N–H and O–H groups in total. The summed E-state index contributed by atoms with van der Waals surface area (Å²) in [6, 6.07) is 12.8. The Morgan fingerprint density at radius 1 is 1.30 bits per heavy atom. The van der Waals surface area contributed by atoms with E-state index in [1.165, 1.54) is 11.3 Å². The molecule has 0 radical (unpaired) electrons. The highest BCUT2D eigenvalue weighted by atomic mass is 35.5. The fourth-order valence-electron chi connectivity index (χ4n) is 3.20. The number of amides is 2. The second kappa shape index (κ2) is 8.73. The molecule has 9 heteroatoms. The van der Waals surface area contributed by atoms with E-state index in [2.05, 4.69) is 15.6 Å². The van der Waals surface area contributed by atoms with Crippen LogP contribution in [0.5, 0.6) is 5.75 Å². The average Bonchev–Trinajstić information content (AvgIpc) is 3.24. The number of hydrogen-bond acceptors (Lipinski definition) is 6. The average molecular weight is 443 g/mol. The van der Waals surface area contributed by atoms with Crippen molar-refractivity contribution in [2.75, 3.05) is 37.0 Å². The van der Waals surface area contributed by atoms with E-state index in [9.17, 15) is 9.59 Å². The first-order valence-corrected chi connectivity index (χ1v) is 10.5. The van der Waals surface area contributed by atoms with Crippen LogP contribution in [0.3, 0.4) is 0 Å². The summed E-state index contributed by atoms with van der Waals surface area (Å²) in [6.45, 7) is 1.52. The van der Waals surface area contributed by atoms with E-state index in [0.29, 0.717) is 40.3 Å². The van der Waals surface area contributed by atoms with E-state index < -0.39 is 0 Å². The Balaban J connectivity index is 1.49. The summed E-state index contributed by atoms with van der Waals surface area (Å²) in [4.78, 5) is 30.6. The van der Waals surface area contributed by atoms with Gasteiger partial charge < -0.3 is 20.3 Å². The van der Waals surface area contributed by atoms with E-state index in [4.69, 9.17) is 16.3 Å². The van der Waals surface area contributed by atoms with E-state index in [0.717, 1.165) is 11.3 Å². The minimum atomic E-state index is -0.325. The first kappa shape index (κ1) is 20.2. The number of para-hydroxylation sites is 1. The third kappa shape index (κ3) is 4.24. The fourth-order valence-corrected chi connectivity index (χ4v) is 4.33. The van der Waals surface area contributed by atoms with Gasteiger partial charge in [0.1, 0.15) is 16.5 Å². The monoisotopic (exact) mass is 442 g/mol. The van der Waals surface area contributed by atoms with Gasteiger partial charge in [-0.2, -0.15) is 0 Å². The predicted molar refractivity (Wildman–Crippen MR) is 119 cm³/mol. The van der Waals surface area contributed by atoms with Crippen molar-refractivity contribution in [1.29, 1.82) is 0 Å². The first-order chi connectivity index (χ1) is 14.5. The van der Waals surface area contributed by atoms with Gasteiger partial charge in [-0.3, -0.25) is 9.59 Å². The molecule has 0 aliphatic carbocycles. The molecule has 1 aromatic heterocycles. The Morgan fingerprint density at radius 3 is 2.90 bits per heavy atom. The quantitative estimate of drug-likeness (QED) is 0.630. The van der Waals surface area contributed by atoms with Crippen molar-refractivity contribution in [3.8, 4) is 16.3 Å². The van der Waals surface area contributed by atoms with Crippen LogP contribution in [0, 0.1) is 0 Å². The normalized spacial score (nSPS) is 13.7. The number of rotatable bonds is 5. The van der Waals surface area contributed by atoms with Crippen molar-refractivity contribution in [3.63, 3.8) is 0 Å². The number of hydrogen-bond donors (Lipinski definition) is 2. The third-order valence-electron chi connectivity index (χ3n) is 4.66. The molecule has 3 aromatic rings. The van der Waals surface area contributed by atoms with Gasteiger partial charge in [-0.1, -0.05) is 23.7 Å². The summed E-state index contributed by atoms with van der Waals surface area (Å²) < 4.78 is 5.37. The number of nitrogens with one attached hydrogen (secondary N) is 2. The number of carbonyl (C=O) groups excluding carboxylic acids is 2. The van der Waals surface area contributed by atoms with Crippen LogP contribution in [0.1, 0.15) is 10.5 Å². The molecule has 4 rings (SSSR count). The second-order valence-corrected chi connectivity index (χ2v) is 7.90. The number of nitrogens with zero attached hydrogens (tertiary/aromatic N) is 2. The molecule has 2 amide bonds. The van der Waals surface area contributed by atoms with Crippen LogP contribution in [0.2, 0.25) is 5.02 Å². The van der Waals surface area contributed by atoms with Gasteiger partial charge in [0.25, 0.3) is 5.91 Å². The molecule has 0 saturated carbocycles. The highest BCUT2D eigenvalue weighted by Crippen LogP contribution is 2.32. The van der Waals surface area contributed by atoms with Crippen molar-refractivity contribution in [1.82, 2.24) is 10.3 Å². The summed E-state index contributed by atoms with van der Waals surface area (Å²) in [5.74, 6) is 0.338. The maximum Gasteiger partial charge on any atom is 0.275 e. The number of aromatic nitrogens is 1. The number of anilines is 2. The molecule has 0 atom stereocenters. The minimum absolute atomic E-state index is 0.0379. The number of benzene rings is 2. The molecule has 1 saturated heterocycles. The lowest BCUT2D eigenvalue weighted by Crippen LogP contribution is -2.47. The van der Waals surface area contributed by atoms with Crippen LogP contribution in [0.25, 0.3) is 10.6 Å². The van der Waals surface area contributed by atoms with E-state index >= 15 is 0 Å². The number of piperazine rings is 1. The van der Waals surface area contributed by atoms with Crippen molar-refractivity contribution in [2.24, 2.45) is 0 Å². The van der Waals surface area contributed by atoms with Crippen molar-refractivity contribution < 1.29 is 14.3 Å². The molecule has 0 unspecified atom stereocenters. The third-order valence-corrected chi connectivity index (χ3v) is 5.84. The standard InChI is InChI=1S/C21H19ClN4O3S/c1-29-18-5-3-2-4-14(18)21-25-16(12-30-21)20(28)24-13-6-7-17(15(22)10-13)26-9-8-23-19(27)11-26/h2-7,10,12H,8-9,11H2,1H3,(H,23,27)(H,24,28). The number of thiazole rings is 1. The number of ether oxygens (including phenoxy) is 1. The Bertz CT molecular complexity index is 1100. The van der Waals surface area contributed by atoms with Crippen molar-refractivity contribution >= 4 is 46.1 Å². The van der Waals surface area contributed by atoms with Gasteiger partial charge in [0.2, 0.25) is 5.91 Å². The van der Waals surface area contributed by atoms with Crippen LogP contribution in [0.4, 0.5) is 11.4 Å². The van der Waals surface area contributed by atoms with E-state index in [1.807, 2.05) is 29.2 Å². The maximum atomic E-state index is 12.6. The molecule has 0 bridgehead atoms. The lowest BCUT2D eigenvalue weighted by Gasteiger charge is -2.29. The van der Waals surface area contributed by atoms with Crippen molar-refractivity contribution in [2.45, 2.75) is 0 Å². The van der Waals surface area contributed by atoms with Gasteiger partial charge in [0, 0.05) is 24.2 Å². The van der Waals surface area contributed by atoms with Crippen LogP contribution >= 0.6 is 22.9 Å². The second-order valence-electron chi connectivity index (χ2n) is 6.63. The molecule has 2 aromatic carbocycles. The molecule has 1 fully saturated rings. The summed E-state index contributed by atoms with van der Waals surface area (Å²) in [5, 5.41) is 8.49. The van der Waals surface area contributed by atoms with Crippen LogP contribution in [-0.2, 0) is 4.79 Å². The molecule has 7 nitrogen and oxygen atoms in total. The van der Waals surface area contributed by atoms with Gasteiger partial charge >= 0.3 is 0 Å². The van der Waals surface area contributed by atoms with Crippen LogP contribution in [0.15, 0.2) is 47.8 Å². The Kier molecular flexibility index (Phi) is 5.87. The largest absolute Gasteiger partial charge is 0.496 e. The zero-order valence-corrected chi connectivity index (χ0v) is 17.7. The highest BCUT2D eigenvalue weighted by molar-refractivity contribution is 7.13. The molecular weight excluding hydrogens is 424 g/mol. The number of halogens is 1. The van der Waals surface area contributed by atoms with Gasteiger partial charge in [-0.25, -0.2) is 4.98 Å². The molecule has 1 aliphatic rings. The zero-order valence-electron chi connectivity index (χ0n) is 16.1. The predicted octanol–water partition coefficient (Wildman–Crippen LogP) is 3.66. The Hall–Kier alpha value is -3.10. The van der Waals surface area contributed by atoms with Crippen molar-refractivity contribution in [3.05, 3.63) is 58.6 Å². The summed E-state index contributed by atoms with van der Waals surface area (Å²) in [5.41, 5.74) is 2.47. The topological polar surface area (TPSA) is 83.6 Å². The van der Waals surface area contributed by atoms with Gasteiger partial charge in [-0.05, 0) is 30.3 Å². The first-order valence-electron chi connectivity index (χ1n) is 9.26. The van der Waals surface area contributed by atoms with Gasteiger partial charge in [0.15, 0.2) is 0 Å². The number of methoxy groups -OCH3 is 1. The van der Waals surface area contributed by atoms with E-state index in [1.54, 1.807) is 30.7 Å². The van der Waals surface area contributed by atoms with Gasteiger partial charge in [-0.15, -0.1) is 11.3 Å².